The fourth-order valence-electron chi connectivity index (χ4n) is 4.85. The van der Waals surface area contributed by atoms with Gasteiger partial charge in [0.2, 0.25) is 0 Å². The quantitative estimate of drug-likeness (QED) is 0.487. The average Bonchev–Trinajstić information content (AvgIpc) is 2.95. The van der Waals surface area contributed by atoms with E-state index in [1.807, 2.05) is 0 Å². The Kier molecular flexibility index (Phi) is 7.62. The van der Waals surface area contributed by atoms with Gasteiger partial charge in [0, 0.05) is 34.9 Å². The summed E-state index contributed by atoms with van der Waals surface area (Å²) in [7, 11) is 0. The number of alkyl halides is 2. The number of piperidine rings is 1. The Balaban J connectivity index is 1.80. The first kappa shape index (κ1) is 27.1. The van der Waals surface area contributed by atoms with E-state index >= 15 is 13.2 Å². The van der Waals surface area contributed by atoms with E-state index in [0.717, 1.165) is 6.07 Å². The van der Waals surface area contributed by atoms with E-state index < -0.39 is 57.1 Å². The second-order valence-electron chi connectivity index (χ2n) is 11.5. The summed E-state index contributed by atoms with van der Waals surface area (Å²) in [6.45, 7) is 12.3. The van der Waals surface area contributed by atoms with Gasteiger partial charge in [-0.1, -0.05) is 18.2 Å². The first-order chi connectivity index (χ1) is 15.5. The van der Waals surface area contributed by atoms with E-state index in [0.29, 0.717) is 12.8 Å². The van der Waals surface area contributed by atoms with Crippen LogP contribution in [-0.2, 0) is 22.0 Å². The molecule has 0 aliphatic carbocycles. The molecule has 2 aliphatic rings. The number of carbonyl (C=O) groups excluding carboxylic acids is 1. The highest BCUT2D eigenvalue weighted by molar-refractivity contribution is 7.90. The molecule has 9 heteroatoms. The van der Waals surface area contributed by atoms with Gasteiger partial charge >= 0.3 is 6.09 Å². The largest absolute Gasteiger partial charge is 0.598 e. The summed E-state index contributed by atoms with van der Waals surface area (Å²) in [4.78, 5) is 14.3. The minimum atomic E-state index is -3.40. The van der Waals surface area contributed by atoms with E-state index in [2.05, 4.69) is 4.72 Å². The summed E-state index contributed by atoms with van der Waals surface area (Å²) in [6, 6.07) is 2.61. The van der Waals surface area contributed by atoms with Crippen molar-refractivity contribution in [3.63, 3.8) is 0 Å². The van der Waals surface area contributed by atoms with E-state index in [4.69, 9.17) is 4.74 Å². The van der Waals surface area contributed by atoms with Gasteiger partial charge in [-0.2, -0.15) is 0 Å². The third kappa shape index (κ3) is 5.68. The highest BCUT2D eigenvalue weighted by atomic mass is 32.2. The predicted molar refractivity (Wildman–Crippen MR) is 127 cm³/mol. The fourth-order valence-corrected chi connectivity index (χ4v) is 5.65. The Bertz CT molecular complexity index is 886. The summed E-state index contributed by atoms with van der Waals surface area (Å²) in [5.74, 6) is -5.45. The van der Waals surface area contributed by atoms with Crippen LogP contribution in [0.5, 0.6) is 0 Å². The summed E-state index contributed by atoms with van der Waals surface area (Å²) in [6.07, 6.45) is 0.987. The lowest BCUT2D eigenvalue weighted by atomic mass is 9.82. The zero-order chi connectivity index (χ0) is 25.6. The lowest BCUT2D eigenvalue weighted by Gasteiger charge is -2.42. The number of fused-ring (bicyclic) bond motifs is 2. The number of hydrogen-bond acceptors (Lipinski definition) is 4. The summed E-state index contributed by atoms with van der Waals surface area (Å²) in [5.41, 5.74) is -1.25. The smallest absolute Gasteiger partial charge is 0.410 e. The van der Waals surface area contributed by atoms with Crippen molar-refractivity contribution in [3.05, 3.63) is 35.1 Å². The molecule has 2 heterocycles. The molecular weight excluding hydrogens is 465 g/mol. The van der Waals surface area contributed by atoms with Crippen LogP contribution in [0.3, 0.4) is 0 Å². The van der Waals surface area contributed by atoms with Gasteiger partial charge < -0.3 is 14.2 Å². The van der Waals surface area contributed by atoms with Gasteiger partial charge in [-0.05, 0) is 74.1 Å². The molecule has 0 radical (unpaired) electrons. The lowest BCUT2D eigenvalue weighted by Crippen LogP contribution is -2.51. The summed E-state index contributed by atoms with van der Waals surface area (Å²) < 4.78 is 67.0. The van der Waals surface area contributed by atoms with Crippen LogP contribution in [0.2, 0.25) is 0 Å². The molecule has 0 saturated carbocycles. The maximum Gasteiger partial charge on any atom is 0.410 e. The van der Waals surface area contributed by atoms with Gasteiger partial charge in [0.25, 0.3) is 5.92 Å². The zero-order valence-corrected chi connectivity index (χ0v) is 21.9. The number of rotatable bonds is 5. The molecule has 192 valence electrons. The average molecular weight is 503 g/mol. The monoisotopic (exact) mass is 502 g/mol. The minimum Gasteiger partial charge on any atom is -0.598 e. The molecule has 2 fully saturated rings. The Hall–Kier alpha value is -1.45. The molecule has 2 aliphatic heterocycles. The van der Waals surface area contributed by atoms with Gasteiger partial charge in [0.15, 0.2) is 0 Å². The van der Waals surface area contributed by atoms with Gasteiger partial charge in [-0.15, -0.1) is 4.72 Å². The Morgan fingerprint density at radius 2 is 1.71 bits per heavy atom. The number of hydrogen-bond donors (Lipinski definition) is 1. The van der Waals surface area contributed by atoms with Crippen molar-refractivity contribution in [3.8, 4) is 0 Å². The number of benzene rings is 1. The van der Waals surface area contributed by atoms with Crippen LogP contribution in [0.1, 0.15) is 91.3 Å². The van der Waals surface area contributed by atoms with Crippen LogP contribution >= 0.6 is 0 Å². The molecular formula is C25H37F3N2O3S. The number of ether oxygens (including phenoxy) is 1. The third-order valence-corrected chi connectivity index (χ3v) is 8.22. The molecule has 4 atom stereocenters. The molecule has 1 amide bonds. The fraction of sp³-hybridized carbons (Fsp3) is 0.720. The van der Waals surface area contributed by atoms with Crippen LogP contribution in [0.4, 0.5) is 18.0 Å². The van der Waals surface area contributed by atoms with Gasteiger partial charge in [-0.3, -0.25) is 0 Å². The molecule has 3 rings (SSSR count). The number of carbonyl (C=O) groups is 1. The molecule has 0 aromatic heterocycles. The second-order valence-corrected chi connectivity index (χ2v) is 13.5. The highest BCUT2D eigenvalue weighted by Gasteiger charge is 2.53. The van der Waals surface area contributed by atoms with Crippen molar-refractivity contribution in [1.29, 1.82) is 0 Å². The van der Waals surface area contributed by atoms with Crippen molar-refractivity contribution in [2.45, 2.75) is 109 Å². The first-order valence-corrected chi connectivity index (χ1v) is 13.0. The maximum atomic E-state index is 15.7. The van der Waals surface area contributed by atoms with Crippen LogP contribution in [-0.4, -0.2) is 38.0 Å². The molecule has 2 bridgehead atoms. The van der Waals surface area contributed by atoms with Crippen molar-refractivity contribution >= 4 is 17.5 Å². The highest BCUT2D eigenvalue weighted by Crippen LogP contribution is 2.50. The SMILES string of the molecule is CC(N[S@+]([O-])C(C)(C)C)c1cccc(C(F)(F)C2CC3CCC(C2)N3C(=O)OC(C)(C)C)c1F. The topological polar surface area (TPSA) is 64.6 Å². The van der Waals surface area contributed by atoms with Crippen LogP contribution in [0, 0.1) is 11.7 Å². The Labute approximate surface area is 204 Å². The van der Waals surface area contributed by atoms with Gasteiger partial charge in [0.1, 0.15) is 16.2 Å². The van der Waals surface area contributed by atoms with Crippen molar-refractivity contribution < 1.29 is 27.3 Å². The number of nitrogens with zero attached hydrogens (tertiary/aromatic N) is 1. The molecule has 1 N–H and O–H groups in total. The van der Waals surface area contributed by atoms with Crippen LogP contribution in [0.25, 0.3) is 0 Å². The number of amides is 1. The zero-order valence-electron chi connectivity index (χ0n) is 21.1. The maximum absolute atomic E-state index is 15.7. The van der Waals surface area contributed by atoms with E-state index in [-0.39, 0.29) is 30.5 Å². The van der Waals surface area contributed by atoms with Gasteiger partial charge in [-0.25, -0.2) is 18.0 Å². The Morgan fingerprint density at radius 3 is 2.21 bits per heavy atom. The van der Waals surface area contributed by atoms with Crippen molar-refractivity contribution in [2.75, 3.05) is 0 Å². The third-order valence-electron chi connectivity index (χ3n) is 6.54. The summed E-state index contributed by atoms with van der Waals surface area (Å²) >= 11 is -1.48. The second kappa shape index (κ2) is 9.54. The minimum absolute atomic E-state index is 0.0592. The predicted octanol–water partition coefficient (Wildman–Crippen LogP) is 6.21. The number of halogens is 3. The molecule has 2 saturated heterocycles. The van der Waals surface area contributed by atoms with Crippen LogP contribution < -0.4 is 4.72 Å². The summed E-state index contributed by atoms with van der Waals surface area (Å²) in [5, 5.41) is 0. The van der Waals surface area contributed by atoms with E-state index in [1.165, 1.54) is 12.1 Å². The first-order valence-electron chi connectivity index (χ1n) is 11.9. The standard InChI is InChI=1S/C25H37F3N2O3S/c1-15(29-34(32)24(5,6)7)19-9-8-10-20(21(19)26)25(27,28)16-13-17-11-12-18(14-16)30(17)22(31)33-23(2,3)4/h8-10,15-18,29H,11-14H2,1-7H3/t15?,16?,17?,18?,34-/m1/s1. The van der Waals surface area contributed by atoms with E-state index in [9.17, 15) is 9.35 Å². The molecule has 0 spiro atoms. The van der Waals surface area contributed by atoms with Crippen LogP contribution in [0.15, 0.2) is 18.2 Å². The normalized spacial score (nSPS) is 25.3. The molecule has 1 aromatic carbocycles. The lowest BCUT2D eigenvalue weighted by molar-refractivity contribution is -0.100. The number of nitrogens with one attached hydrogen (secondary N) is 1. The van der Waals surface area contributed by atoms with Crippen molar-refractivity contribution in [2.24, 2.45) is 5.92 Å². The molecule has 5 nitrogen and oxygen atoms in total. The molecule has 3 unspecified atom stereocenters. The Morgan fingerprint density at radius 1 is 1.15 bits per heavy atom. The van der Waals surface area contributed by atoms with Crippen molar-refractivity contribution in [1.82, 2.24) is 9.62 Å². The van der Waals surface area contributed by atoms with Gasteiger partial charge in [0.05, 0.1) is 11.6 Å². The molecule has 34 heavy (non-hydrogen) atoms. The van der Waals surface area contributed by atoms with E-state index in [1.54, 1.807) is 53.4 Å². The molecule has 1 aromatic rings.